The zero-order valence-electron chi connectivity index (χ0n) is 22.0. The third kappa shape index (κ3) is 6.19. The summed E-state index contributed by atoms with van der Waals surface area (Å²) in [6.07, 6.45) is 0. The molecule has 0 bridgehead atoms. The van der Waals surface area contributed by atoms with Gasteiger partial charge < -0.3 is 15.0 Å². The third-order valence-electron chi connectivity index (χ3n) is 6.98. The quantitative estimate of drug-likeness (QED) is 0.435. The van der Waals surface area contributed by atoms with Gasteiger partial charge in [-0.15, -0.1) is 0 Å². The minimum Gasteiger partial charge on any atom is -0.463 e. The Labute approximate surface area is 243 Å². The first-order valence-corrected chi connectivity index (χ1v) is 14.0. The number of nitrogens with zero attached hydrogens (tertiary/aromatic N) is 3. The second kappa shape index (κ2) is 12.6. The summed E-state index contributed by atoms with van der Waals surface area (Å²) in [6.45, 7) is 8.02. The van der Waals surface area contributed by atoms with Gasteiger partial charge in [0.2, 0.25) is 0 Å². The number of piperazine rings is 1. The number of ether oxygens (including phenoxy) is 1. The minimum absolute atomic E-state index is 0.0619. The molecule has 2 unspecified atom stereocenters. The fourth-order valence-corrected chi connectivity index (χ4v) is 5.63. The molecule has 0 spiro atoms. The molecular weight excluding hydrogens is 563 g/mol. The summed E-state index contributed by atoms with van der Waals surface area (Å²) in [5.74, 6) is -0.593. The number of benzene rings is 2. The molecule has 2 atom stereocenters. The Balaban J connectivity index is 1.65. The number of likely N-dealkylation sites (N-methyl/N-ethyl adjacent to an activating group) is 1. The Morgan fingerprint density at radius 2 is 1.77 bits per heavy atom. The molecule has 0 aliphatic carbocycles. The number of urea groups is 1. The SMILES string of the molecule is CCOC(=O)C1=C(CN2CCN(C(=O)c3ccc(Cl)cc3)C(C)C2)N(CC)C(=O)NC1c1cccc(Cl)c1Cl. The van der Waals surface area contributed by atoms with Gasteiger partial charge in [0.1, 0.15) is 0 Å². The highest BCUT2D eigenvalue weighted by molar-refractivity contribution is 6.42. The minimum atomic E-state index is -0.828. The van der Waals surface area contributed by atoms with Gasteiger partial charge in [0.05, 0.1) is 28.3 Å². The van der Waals surface area contributed by atoms with Crippen molar-refractivity contribution in [1.29, 1.82) is 0 Å². The van der Waals surface area contributed by atoms with Crippen molar-refractivity contribution in [1.82, 2.24) is 20.0 Å². The molecule has 1 saturated heterocycles. The van der Waals surface area contributed by atoms with Crippen LogP contribution in [0.5, 0.6) is 0 Å². The molecule has 11 heteroatoms. The Morgan fingerprint density at radius 1 is 1.05 bits per heavy atom. The van der Waals surface area contributed by atoms with E-state index in [4.69, 9.17) is 39.5 Å². The molecule has 1 N–H and O–H groups in total. The number of rotatable bonds is 7. The van der Waals surface area contributed by atoms with E-state index in [1.54, 1.807) is 54.3 Å². The van der Waals surface area contributed by atoms with Gasteiger partial charge in [0.25, 0.3) is 5.91 Å². The second-order valence-electron chi connectivity index (χ2n) is 9.44. The molecule has 0 saturated carbocycles. The molecule has 0 aromatic heterocycles. The molecule has 2 aromatic rings. The number of nitrogens with one attached hydrogen (secondary N) is 1. The van der Waals surface area contributed by atoms with Crippen molar-refractivity contribution in [2.75, 3.05) is 39.3 Å². The highest BCUT2D eigenvalue weighted by atomic mass is 35.5. The van der Waals surface area contributed by atoms with Crippen molar-refractivity contribution in [3.8, 4) is 0 Å². The normalized spacial score (nSPS) is 20.2. The number of amides is 3. The van der Waals surface area contributed by atoms with E-state index < -0.39 is 12.0 Å². The lowest BCUT2D eigenvalue weighted by Crippen LogP contribution is -2.56. The Morgan fingerprint density at radius 3 is 2.41 bits per heavy atom. The first kappa shape index (κ1) is 29.2. The highest BCUT2D eigenvalue weighted by Crippen LogP contribution is 2.38. The van der Waals surface area contributed by atoms with Crippen LogP contribution in [0.2, 0.25) is 15.1 Å². The molecule has 1 fully saturated rings. The van der Waals surface area contributed by atoms with Crippen LogP contribution < -0.4 is 5.32 Å². The van der Waals surface area contributed by atoms with Crippen molar-refractivity contribution < 1.29 is 19.1 Å². The average molecular weight is 594 g/mol. The summed E-state index contributed by atoms with van der Waals surface area (Å²) >= 11 is 18.8. The topological polar surface area (TPSA) is 82.2 Å². The molecule has 208 valence electrons. The van der Waals surface area contributed by atoms with Gasteiger partial charge in [-0.3, -0.25) is 14.6 Å². The van der Waals surface area contributed by atoms with E-state index >= 15 is 0 Å². The van der Waals surface area contributed by atoms with E-state index in [0.717, 1.165) is 0 Å². The van der Waals surface area contributed by atoms with E-state index in [1.165, 1.54) is 0 Å². The lowest BCUT2D eigenvalue weighted by molar-refractivity contribution is -0.139. The maximum atomic E-state index is 13.4. The van der Waals surface area contributed by atoms with Crippen LogP contribution >= 0.6 is 34.8 Å². The van der Waals surface area contributed by atoms with Gasteiger partial charge in [0, 0.05) is 55.0 Å². The van der Waals surface area contributed by atoms with Crippen molar-refractivity contribution in [3.63, 3.8) is 0 Å². The van der Waals surface area contributed by atoms with Crippen LogP contribution in [0.1, 0.15) is 42.7 Å². The molecule has 2 aromatic carbocycles. The van der Waals surface area contributed by atoms with E-state index in [9.17, 15) is 14.4 Å². The van der Waals surface area contributed by atoms with Crippen LogP contribution in [0.25, 0.3) is 0 Å². The number of carbonyl (C=O) groups is 3. The molecule has 4 rings (SSSR count). The van der Waals surface area contributed by atoms with Crippen LogP contribution in [0.15, 0.2) is 53.7 Å². The monoisotopic (exact) mass is 592 g/mol. The number of halogens is 3. The third-order valence-corrected chi connectivity index (χ3v) is 8.06. The van der Waals surface area contributed by atoms with E-state index in [1.807, 2.05) is 18.7 Å². The van der Waals surface area contributed by atoms with Gasteiger partial charge >= 0.3 is 12.0 Å². The maximum absolute atomic E-state index is 13.4. The fraction of sp³-hybridized carbons (Fsp3) is 0.393. The van der Waals surface area contributed by atoms with Crippen molar-refractivity contribution in [3.05, 3.63) is 79.9 Å². The van der Waals surface area contributed by atoms with Crippen LogP contribution in [0.4, 0.5) is 4.79 Å². The van der Waals surface area contributed by atoms with Crippen LogP contribution in [-0.4, -0.2) is 78.0 Å². The summed E-state index contributed by atoms with van der Waals surface area (Å²) in [4.78, 5) is 45.3. The highest BCUT2D eigenvalue weighted by Gasteiger charge is 2.40. The second-order valence-corrected chi connectivity index (χ2v) is 10.7. The Hall–Kier alpha value is -2.78. The Bertz CT molecular complexity index is 1280. The predicted molar refractivity (Wildman–Crippen MR) is 152 cm³/mol. The first-order valence-electron chi connectivity index (χ1n) is 12.9. The first-order chi connectivity index (χ1) is 18.7. The van der Waals surface area contributed by atoms with Crippen molar-refractivity contribution >= 4 is 52.7 Å². The summed E-state index contributed by atoms with van der Waals surface area (Å²) in [7, 11) is 0. The Kier molecular flexibility index (Phi) is 9.43. The number of carbonyl (C=O) groups excluding carboxylic acids is 3. The average Bonchev–Trinajstić information content (AvgIpc) is 2.90. The van der Waals surface area contributed by atoms with Gasteiger partial charge in [-0.2, -0.15) is 0 Å². The van der Waals surface area contributed by atoms with Gasteiger partial charge in [-0.1, -0.05) is 46.9 Å². The van der Waals surface area contributed by atoms with Crippen LogP contribution in [0, 0.1) is 0 Å². The number of hydrogen-bond donors (Lipinski definition) is 1. The van der Waals surface area contributed by atoms with Crippen LogP contribution in [0.3, 0.4) is 0 Å². The van der Waals surface area contributed by atoms with Crippen molar-refractivity contribution in [2.24, 2.45) is 0 Å². The van der Waals surface area contributed by atoms with E-state index in [0.29, 0.717) is 65.2 Å². The number of esters is 1. The summed E-state index contributed by atoms with van der Waals surface area (Å²) in [5, 5.41) is 4.07. The summed E-state index contributed by atoms with van der Waals surface area (Å²) < 4.78 is 5.45. The smallest absolute Gasteiger partial charge is 0.338 e. The molecule has 39 heavy (non-hydrogen) atoms. The molecule has 2 aliphatic rings. The zero-order chi connectivity index (χ0) is 28.3. The molecule has 8 nitrogen and oxygen atoms in total. The van der Waals surface area contributed by atoms with Crippen LogP contribution in [-0.2, 0) is 9.53 Å². The van der Waals surface area contributed by atoms with E-state index in [-0.39, 0.29) is 29.6 Å². The molecule has 0 radical (unpaired) electrons. The van der Waals surface area contributed by atoms with E-state index in [2.05, 4.69) is 10.2 Å². The molecule has 2 heterocycles. The van der Waals surface area contributed by atoms with Gasteiger partial charge in [-0.05, 0) is 56.7 Å². The predicted octanol–water partition coefficient (Wildman–Crippen LogP) is 5.40. The lowest BCUT2D eigenvalue weighted by Gasteiger charge is -2.43. The van der Waals surface area contributed by atoms with Crippen molar-refractivity contribution in [2.45, 2.75) is 32.9 Å². The largest absolute Gasteiger partial charge is 0.463 e. The maximum Gasteiger partial charge on any atom is 0.338 e. The standard InChI is InChI=1S/C28H31Cl3N4O4/c1-4-34-22(16-33-13-14-35(17(3)15-33)26(36)18-9-11-19(29)12-10-18)23(27(37)39-5-2)25(32-28(34)38)20-7-6-8-21(30)24(20)31/h6-12,17,25H,4-5,13-16H2,1-3H3,(H,32,38). The molecule has 2 aliphatic heterocycles. The zero-order valence-corrected chi connectivity index (χ0v) is 24.3. The van der Waals surface area contributed by atoms with Gasteiger partial charge in [-0.25, -0.2) is 9.59 Å². The number of hydrogen-bond acceptors (Lipinski definition) is 5. The molecule has 3 amide bonds. The fourth-order valence-electron chi connectivity index (χ4n) is 5.08. The lowest BCUT2D eigenvalue weighted by atomic mass is 9.93. The molecular formula is C28H31Cl3N4O4. The summed E-state index contributed by atoms with van der Waals surface area (Å²) in [6, 6.07) is 10.7. The summed E-state index contributed by atoms with van der Waals surface area (Å²) in [5.41, 5.74) is 1.95. The van der Waals surface area contributed by atoms with Gasteiger partial charge in [0.15, 0.2) is 0 Å².